The van der Waals surface area contributed by atoms with Gasteiger partial charge in [0.1, 0.15) is 0 Å². The van der Waals surface area contributed by atoms with Crippen LogP contribution in [0.5, 0.6) is 0 Å². The minimum Gasteiger partial charge on any atom is -0.329 e. The summed E-state index contributed by atoms with van der Waals surface area (Å²) in [6, 6.07) is 8.81. The van der Waals surface area contributed by atoms with Crippen LogP contribution in [-0.4, -0.2) is 6.54 Å². The minimum absolute atomic E-state index is 0.381. The number of rotatable bonds is 1. The molecule has 58 valence electrons. The first-order valence-corrected chi connectivity index (χ1v) is 3.93. The third-order valence-corrected chi connectivity index (χ3v) is 2.21. The predicted octanol–water partition coefficient (Wildman–Crippen LogP) is 0.790. The molecule has 0 fully saturated rings. The Balaban J connectivity index is 2.39. The molecule has 0 aromatic heterocycles. The Morgan fingerprint density at radius 2 is 2.27 bits per heavy atom. The first kappa shape index (κ1) is 6.83. The van der Waals surface area contributed by atoms with Crippen molar-refractivity contribution in [2.24, 2.45) is 5.73 Å². The summed E-state index contributed by atoms with van der Waals surface area (Å²) >= 11 is 0. The molecule has 0 saturated carbocycles. The van der Waals surface area contributed by atoms with Crippen LogP contribution in [0.15, 0.2) is 24.3 Å². The van der Waals surface area contributed by atoms with Crippen LogP contribution in [0.4, 0.5) is 0 Å². The number of nitrogens with one attached hydrogen (secondary N) is 1. The maximum atomic E-state index is 5.59. The molecule has 1 aliphatic heterocycles. The molecular formula is C9H12N2. The predicted molar refractivity (Wildman–Crippen MR) is 45.1 cm³/mol. The fourth-order valence-electron chi connectivity index (χ4n) is 1.59. The van der Waals surface area contributed by atoms with E-state index < -0.39 is 0 Å². The quantitative estimate of drug-likeness (QED) is 0.618. The lowest BCUT2D eigenvalue weighted by atomic mass is 10.1. The number of hydrogen-bond donors (Lipinski definition) is 2. The Labute approximate surface area is 66.4 Å². The van der Waals surface area contributed by atoms with Crippen LogP contribution in [0, 0.1) is 0 Å². The van der Waals surface area contributed by atoms with E-state index in [1.165, 1.54) is 11.1 Å². The van der Waals surface area contributed by atoms with E-state index in [4.69, 9.17) is 5.73 Å². The van der Waals surface area contributed by atoms with Crippen LogP contribution in [0.3, 0.4) is 0 Å². The van der Waals surface area contributed by atoms with Crippen LogP contribution in [0.25, 0.3) is 0 Å². The first-order chi connectivity index (χ1) is 5.42. The van der Waals surface area contributed by atoms with Gasteiger partial charge < -0.3 is 11.1 Å². The van der Waals surface area contributed by atoms with Crippen LogP contribution >= 0.6 is 0 Å². The van der Waals surface area contributed by atoms with Crippen molar-refractivity contribution in [3.8, 4) is 0 Å². The number of hydrogen-bond acceptors (Lipinski definition) is 2. The molecule has 2 heteroatoms. The molecule has 1 aromatic rings. The largest absolute Gasteiger partial charge is 0.329 e. The zero-order valence-corrected chi connectivity index (χ0v) is 6.38. The molecule has 1 unspecified atom stereocenters. The number of benzene rings is 1. The third kappa shape index (κ3) is 1.04. The van der Waals surface area contributed by atoms with Gasteiger partial charge in [-0.3, -0.25) is 0 Å². The Bertz CT molecular complexity index is 257. The van der Waals surface area contributed by atoms with E-state index in [0.29, 0.717) is 12.6 Å². The van der Waals surface area contributed by atoms with E-state index in [9.17, 15) is 0 Å². The van der Waals surface area contributed by atoms with Crippen molar-refractivity contribution in [2.75, 3.05) is 6.54 Å². The summed E-state index contributed by atoms with van der Waals surface area (Å²) in [7, 11) is 0. The van der Waals surface area contributed by atoms with Crippen LogP contribution in [0.2, 0.25) is 0 Å². The second-order valence-corrected chi connectivity index (χ2v) is 2.87. The molecule has 0 spiro atoms. The molecule has 1 aromatic carbocycles. The molecule has 1 heterocycles. The molecule has 1 aliphatic rings. The van der Waals surface area contributed by atoms with Crippen molar-refractivity contribution in [3.05, 3.63) is 35.4 Å². The maximum Gasteiger partial charge on any atom is 0.0450 e. The highest BCUT2D eigenvalue weighted by atomic mass is 15.0. The van der Waals surface area contributed by atoms with Gasteiger partial charge in [-0.15, -0.1) is 0 Å². The standard InChI is InChI=1S/C9H12N2/c10-5-9-8-4-2-1-3-7(8)6-11-9/h1-4,9,11H,5-6,10H2. The lowest BCUT2D eigenvalue weighted by Gasteiger charge is -2.06. The topological polar surface area (TPSA) is 38.0 Å². The Hall–Kier alpha value is -0.860. The van der Waals surface area contributed by atoms with Gasteiger partial charge in [-0.05, 0) is 11.1 Å². The number of fused-ring (bicyclic) bond motifs is 1. The van der Waals surface area contributed by atoms with Gasteiger partial charge >= 0.3 is 0 Å². The molecule has 0 amide bonds. The summed E-state index contributed by atoms with van der Waals surface area (Å²) < 4.78 is 0. The fourth-order valence-corrected chi connectivity index (χ4v) is 1.59. The molecule has 0 saturated heterocycles. The molecule has 0 radical (unpaired) electrons. The van der Waals surface area contributed by atoms with Crippen molar-refractivity contribution in [3.63, 3.8) is 0 Å². The van der Waals surface area contributed by atoms with Gasteiger partial charge in [0.2, 0.25) is 0 Å². The van der Waals surface area contributed by atoms with E-state index in [1.54, 1.807) is 0 Å². The summed E-state index contributed by atoms with van der Waals surface area (Å²) in [4.78, 5) is 0. The number of nitrogens with two attached hydrogens (primary N) is 1. The highest BCUT2D eigenvalue weighted by molar-refractivity contribution is 5.33. The summed E-state index contributed by atoms with van der Waals surface area (Å²) in [5.74, 6) is 0. The Kier molecular flexibility index (Phi) is 1.64. The molecule has 0 aliphatic carbocycles. The monoisotopic (exact) mass is 148 g/mol. The SMILES string of the molecule is NCC1NCc2ccccc21. The second-order valence-electron chi connectivity index (χ2n) is 2.87. The first-order valence-electron chi connectivity index (χ1n) is 3.93. The Morgan fingerprint density at radius 3 is 3.09 bits per heavy atom. The van der Waals surface area contributed by atoms with Crippen molar-refractivity contribution in [1.29, 1.82) is 0 Å². The molecule has 0 bridgehead atoms. The summed E-state index contributed by atoms with van der Waals surface area (Å²) in [6.45, 7) is 1.66. The van der Waals surface area contributed by atoms with Gasteiger partial charge in [-0.1, -0.05) is 24.3 Å². The molecule has 3 N–H and O–H groups in total. The zero-order valence-electron chi connectivity index (χ0n) is 6.38. The fraction of sp³-hybridized carbons (Fsp3) is 0.333. The molecular weight excluding hydrogens is 136 g/mol. The van der Waals surface area contributed by atoms with Crippen molar-refractivity contribution >= 4 is 0 Å². The zero-order chi connectivity index (χ0) is 7.68. The van der Waals surface area contributed by atoms with E-state index in [0.717, 1.165) is 6.54 Å². The van der Waals surface area contributed by atoms with E-state index >= 15 is 0 Å². The van der Waals surface area contributed by atoms with Crippen LogP contribution in [-0.2, 0) is 6.54 Å². The highest BCUT2D eigenvalue weighted by Gasteiger charge is 2.18. The molecule has 2 nitrogen and oxygen atoms in total. The van der Waals surface area contributed by atoms with Crippen molar-refractivity contribution in [1.82, 2.24) is 5.32 Å². The third-order valence-electron chi connectivity index (χ3n) is 2.21. The molecule has 1 atom stereocenters. The Morgan fingerprint density at radius 1 is 1.45 bits per heavy atom. The summed E-state index contributed by atoms with van der Waals surface area (Å²) in [5, 5.41) is 3.35. The lowest BCUT2D eigenvalue weighted by molar-refractivity contribution is 0.593. The summed E-state index contributed by atoms with van der Waals surface area (Å²) in [6.07, 6.45) is 0. The van der Waals surface area contributed by atoms with Crippen molar-refractivity contribution < 1.29 is 0 Å². The van der Waals surface area contributed by atoms with E-state index in [-0.39, 0.29) is 0 Å². The van der Waals surface area contributed by atoms with Gasteiger partial charge in [0, 0.05) is 19.1 Å². The molecule has 2 rings (SSSR count). The van der Waals surface area contributed by atoms with Gasteiger partial charge in [-0.25, -0.2) is 0 Å². The van der Waals surface area contributed by atoms with Crippen LogP contribution < -0.4 is 11.1 Å². The minimum atomic E-state index is 0.381. The summed E-state index contributed by atoms with van der Waals surface area (Å²) in [5.41, 5.74) is 8.35. The van der Waals surface area contributed by atoms with E-state index in [1.807, 2.05) is 0 Å². The average Bonchev–Trinajstić information content (AvgIpc) is 2.47. The second kappa shape index (κ2) is 2.64. The normalized spacial score (nSPS) is 21.7. The highest BCUT2D eigenvalue weighted by Crippen LogP contribution is 2.23. The molecule has 11 heavy (non-hydrogen) atoms. The maximum absolute atomic E-state index is 5.59. The smallest absolute Gasteiger partial charge is 0.0450 e. The van der Waals surface area contributed by atoms with Gasteiger partial charge in [-0.2, -0.15) is 0 Å². The van der Waals surface area contributed by atoms with Gasteiger partial charge in [0.15, 0.2) is 0 Å². The van der Waals surface area contributed by atoms with Crippen LogP contribution in [0.1, 0.15) is 17.2 Å². The van der Waals surface area contributed by atoms with Gasteiger partial charge in [0.05, 0.1) is 0 Å². The van der Waals surface area contributed by atoms with E-state index in [2.05, 4.69) is 29.6 Å². The van der Waals surface area contributed by atoms with Gasteiger partial charge in [0.25, 0.3) is 0 Å². The van der Waals surface area contributed by atoms with Crippen molar-refractivity contribution in [2.45, 2.75) is 12.6 Å². The lowest BCUT2D eigenvalue weighted by Crippen LogP contribution is -2.21. The average molecular weight is 148 g/mol.